The molecule has 0 saturated carbocycles. The molecule has 5 nitrogen and oxygen atoms in total. The molecule has 2 amide bonds. The quantitative estimate of drug-likeness (QED) is 0.861. The second-order valence-electron chi connectivity index (χ2n) is 6.18. The average Bonchev–Trinajstić information content (AvgIpc) is 2.93. The summed E-state index contributed by atoms with van der Waals surface area (Å²) in [6.45, 7) is 5.49. The van der Waals surface area contributed by atoms with Gasteiger partial charge in [-0.3, -0.25) is 4.79 Å². The molecule has 0 aromatic rings. The van der Waals surface area contributed by atoms with Gasteiger partial charge < -0.3 is 14.9 Å². The number of hydrogen-bond acceptors (Lipinski definition) is 2. The van der Waals surface area contributed by atoms with E-state index in [1.165, 1.54) is 6.42 Å². The fourth-order valence-electron chi connectivity index (χ4n) is 3.34. The van der Waals surface area contributed by atoms with E-state index >= 15 is 0 Å². The zero-order valence-electron chi connectivity index (χ0n) is 12.4. The molecule has 5 heteroatoms. The third kappa shape index (κ3) is 3.87. The largest absolute Gasteiger partial charge is 0.481 e. The van der Waals surface area contributed by atoms with E-state index in [4.69, 9.17) is 5.11 Å². The molecule has 114 valence electrons. The summed E-state index contributed by atoms with van der Waals surface area (Å²) in [5.41, 5.74) is 0. The number of rotatable bonds is 4. The first-order valence-electron chi connectivity index (χ1n) is 7.85. The van der Waals surface area contributed by atoms with E-state index in [1.807, 2.05) is 9.80 Å². The molecule has 2 aliphatic rings. The predicted octanol–water partition coefficient (Wildman–Crippen LogP) is 2.42. The number of aliphatic carboxylic acids is 1. The maximum absolute atomic E-state index is 12.5. The van der Waals surface area contributed by atoms with Gasteiger partial charge in [-0.1, -0.05) is 13.3 Å². The summed E-state index contributed by atoms with van der Waals surface area (Å²) in [6.07, 6.45) is 5.35. The van der Waals surface area contributed by atoms with E-state index in [2.05, 4.69) is 6.92 Å². The standard InChI is InChI=1S/C15H26N2O3/c1-2-12-4-3-8-16(10-12)15(20)17-9-7-13(11-17)5-6-14(18)19/h12-13H,2-11H2,1H3,(H,18,19). The molecule has 2 atom stereocenters. The lowest BCUT2D eigenvalue weighted by atomic mass is 9.96. The summed E-state index contributed by atoms with van der Waals surface area (Å²) in [4.78, 5) is 27.0. The molecule has 2 fully saturated rings. The van der Waals surface area contributed by atoms with E-state index < -0.39 is 5.97 Å². The van der Waals surface area contributed by atoms with E-state index in [9.17, 15) is 9.59 Å². The number of carbonyl (C=O) groups is 2. The Labute approximate surface area is 120 Å². The lowest BCUT2D eigenvalue weighted by Crippen LogP contribution is -2.46. The molecule has 0 bridgehead atoms. The lowest BCUT2D eigenvalue weighted by Gasteiger charge is -2.35. The number of carboxylic acid groups (broad SMARTS) is 1. The molecule has 0 aromatic heterocycles. The number of piperidine rings is 1. The van der Waals surface area contributed by atoms with E-state index in [0.717, 1.165) is 45.4 Å². The van der Waals surface area contributed by atoms with Gasteiger partial charge in [0.2, 0.25) is 0 Å². The number of carbonyl (C=O) groups excluding carboxylic acids is 1. The van der Waals surface area contributed by atoms with Crippen LogP contribution < -0.4 is 0 Å². The van der Waals surface area contributed by atoms with Crippen molar-refractivity contribution in [3.8, 4) is 0 Å². The van der Waals surface area contributed by atoms with Crippen molar-refractivity contribution in [3.05, 3.63) is 0 Å². The molecule has 0 spiro atoms. The Morgan fingerprint density at radius 1 is 1.10 bits per heavy atom. The van der Waals surface area contributed by atoms with Crippen molar-refractivity contribution in [2.24, 2.45) is 11.8 Å². The van der Waals surface area contributed by atoms with Gasteiger partial charge in [0.25, 0.3) is 0 Å². The molecule has 2 aliphatic heterocycles. The number of urea groups is 1. The zero-order chi connectivity index (χ0) is 14.5. The van der Waals surface area contributed by atoms with Crippen molar-refractivity contribution >= 4 is 12.0 Å². The van der Waals surface area contributed by atoms with Gasteiger partial charge >= 0.3 is 12.0 Å². The highest BCUT2D eigenvalue weighted by Crippen LogP contribution is 2.25. The van der Waals surface area contributed by atoms with Crippen LogP contribution in [0, 0.1) is 11.8 Å². The molecule has 0 aromatic carbocycles. The van der Waals surface area contributed by atoms with Gasteiger partial charge in [0.05, 0.1) is 0 Å². The van der Waals surface area contributed by atoms with Gasteiger partial charge in [0, 0.05) is 32.6 Å². The Bertz CT molecular complexity index is 359. The Balaban J connectivity index is 1.80. The van der Waals surface area contributed by atoms with Crippen LogP contribution in [-0.2, 0) is 4.79 Å². The highest BCUT2D eigenvalue weighted by Gasteiger charge is 2.31. The van der Waals surface area contributed by atoms with Crippen LogP contribution in [0.15, 0.2) is 0 Å². The predicted molar refractivity (Wildman–Crippen MR) is 76.5 cm³/mol. The third-order valence-corrected chi connectivity index (χ3v) is 4.69. The third-order valence-electron chi connectivity index (χ3n) is 4.69. The monoisotopic (exact) mass is 282 g/mol. The summed E-state index contributed by atoms with van der Waals surface area (Å²) in [5.74, 6) is 0.275. The minimum atomic E-state index is -0.739. The van der Waals surface area contributed by atoms with Gasteiger partial charge in [-0.05, 0) is 37.5 Å². The second-order valence-corrected chi connectivity index (χ2v) is 6.18. The second kappa shape index (κ2) is 6.95. The molecule has 2 rings (SSSR count). The summed E-state index contributed by atoms with van der Waals surface area (Å²) >= 11 is 0. The molecule has 1 N–H and O–H groups in total. The first-order valence-corrected chi connectivity index (χ1v) is 7.85. The molecular weight excluding hydrogens is 256 g/mol. The smallest absolute Gasteiger partial charge is 0.320 e. The Morgan fingerprint density at radius 2 is 1.80 bits per heavy atom. The van der Waals surface area contributed by atoms with E-state index in [1.54, 1.807) is 0 Å². The van der Waals surface area contributed by atoms with Crippen molar-refractivity contribution in [2.45, 2.75) is 45.4 Å². The van der Waals surface area contributed by atoms with Crippen molar-refractivity contribution in [3.63, 3.8) is 0 Å². The average molecular weight is 282 g/mol. The van der Waals surface area contributed by atoms with Crippen LogP contribution in [-0.4, -0.2) is 53.1 Å². The first-order chi connectivity index (χ1) is 9.60. The Morgan fingerprint density at radius 3 is 2.50 bits per heavy atom. The number of nitrogens with zero attached hydrogens (tertiary/aromatic N) is 2. The Hall–Kier alpha value is -1.26. The van der Waals surface area contributed by atoms with Crippen LogP contribution in [0.5, 0.6) is 0 Å². The fraction of sp³-hybridized carbons (Fsp3) is 0.867. The van der Waals surface area contributed by atoms with Crippen molar-refractivity contribution in [2.75, 3.05) is 26.2 Å². The first kappa shape index (κ1) is 15.1. The van der Waals surface area contributed by atoms with Crippen LogP contribution in [0.4, 0.5) is 4.79 Å². The SMILES string of the molecule is CCC1CCCN(C(=O)N2CCC(CCC(=O)O)C2)C1. The van der Waals surface area contributed by atoms with Gasteiger partial charge in [0.15, 0.2) is 0 Å². The van der Waals surface area contributed by atoms with Crippen LogP contribution in [0.3, 0.4) is 0 Å². The van der Waals surface area contributed by atoms with E-state index in [0.29, 0.717) is 18.3 Å². The summed E-state index contributed by atoms with van der Waals surface area (Å²) in [5, 5.41) is 8.72. The molecule has 20 heavy (non-hydrogen) atoms. The minimum Gasteiger partial charge on any atom is -0.481 e. The van der Waals surface area contributed by atoms with Crippen LogP contribution in [0.25, 0.3) is 0 Å². The molecule has 2 saturated heterocycles. The molecule has 2 heterocycles. The number of likely N-dealkylation sites (tertiary alicyclic amines) is 2. The maximum Gasteiger partial charge on any atom is 0.320 e. The fourth-order valence-corrected chi connectivity index (χ4v) is 3.34. The van der Waals surface area contributed by atoms with E-state index in [-0.39, 0.29) is 12.5 Å². The maximum atomic E-state index is 12.5. The zero-order valence-corrected chi connectivity index (χ0v) is 12.4. The summed E-state index contributed by atoms with van der Waals surface area (Å²) in [6, 6.07) is 0.168. The van der Waals surface area contributed by atoms with Gasteiger partial charge in [0.1, 0.15) is 0 Å². The highest BCUT2D eigenvalue weighted by atomic mass is 16.4. The summed E-state index contributed by atoms with van der Waals surface area (Å²) < 4.78 is 0. The van der Waals surface area contributed by atoms with Gasteiger partial charge in [-0.25, -0.2) is 4.79 Å². The van der Waals surface area contributed by atoms with Crippen LogP contribution in [0.2, 0.25) is 0 Å². The summed E-state index contributed by atoms with van der Waals surface area (Å²) in [7, 11) is 0. The molecule has 0 aliphatic carbocycles. The number of carboxylic acids is 1. The van der Waals surface area contributed by atoms with Gasteiger partial charge in [-0.15, -0.1) is 0 Å². The van der Waals surface area contributed by atoms with Crippen molar-refractivity contribution < 1.29 is 14.7 Å². The minimum absolute atomic E-state index is 0.168. The normalized spacial score (nSPS) is 26.9. The topological polar surface area (TPSA) is 60.9 Å². The lowest BCUT2D eigenvalue weighted by molar-refractivity contribution is -0.137. The Kier molecular flexibility index (Phi) is 5.26. The molecule has 2 unspecified atom stereocenters. The van der Waals surface area contributed by atoms with Crippen LogP contribution in [0.1, 0.15) is 45.4 Å². The molecular formula is C15H26N2O3. The number of hydrogen-bond donors (Lipinski definition) is 1. The highest BCUT2D eigenvalue weighted by molar-refractivity contribution is 5.75. The number of amides is 2. The van der Waals surface area contributed by atoms with Crippen molar-refractivity contribution in [1.29, 1.82) is 0 Å². The van der Waals surface area contributed by atoms with Crippen LogP contribution >= 0.6 is 0 Å². The van der Waals surface area contributed by atoms with Crippen molar-refractivity contribution in [1.82, 2.24) is 9.80 Å². The molecule has 0 radical (unpaired) electrons. The van der Waals surface area contributed by atoms with Gasteiger partial charge in [-0.2, -0.15) is 0 Å².